The fraction of sp³-hybridized carbons (Fsp3) is 0.273. The second kappa shape index (κ2) is 4.64. The maximum atomic E-state index is 5.25. The SMILES string of the molecule is C#CCNCc1nc(-c2occc2C)no1. The van der Waals surface area contributed by atoms with Crippen LogP contribution in [0.4, 0.5) is 0 Å². The van der Waals surface area contributed by atoms with Crippen molar-refractivity contribution in [2.75, 3.05) is 6.54 Å². The van der Waals surface area contributed by atoms with Crippen molar-refractivity contribution in [1.29, 1.82) is 0 Å². The zero-order chi connectivity index (χ0) is 11.4. The van der Waals surface area contributed by atoms with Crippen molar-refractivity contribution in [1.82, 2.24) is 15.5 Å². The molecule has 0 fully saturated rings. The minimum atomic E-state index is 0.455. The minimum absolute atomic E-state index is 0.455. The van der Waals surface area contributed by atoms with E-state index in [1.807, 2.05) is 13.0 Å². The molecular weight excluding hydrogens is 206 g/mol. The Morgan fingerprint density at radius 2 is 2.44 bits per heavy atom. The van der Waals surface area contributed by atoms with E-state index in [0.717, 1.165) is 5.56 Å². The van der Waals surface area contributed by atoms with Crippen LogP contribution in [-0.4, -0.2) is 16.7 Å². The number of terminal acetylenes is 1. The molecular formula is C11H11N3O2. The molecule has 0 aliphatic rings. The molecule has 2 aromatic heterocycles. The van der Waals surface area contributed by atoms with Crippen molar-refractivity contribution in [3.8, 4) is 23.9 Å². The van der Waals surface area contributed by atoms with Gasteiger partial charge in [-0.1, -0.05) is 11.1 Å². The molecule has 0 bridgehead atoms. The van der Waals surface area contributed by atoms with Crippen LogP contribution in [-0.2, 0) is 6.54 Å². The average molecular weight is 217 g/mol. The minimum Gasteiger partial charge on any atom is -0.461 e. The predicted octanol–water partition coefficient (Wildman–Crippen LogP) is 1.36. The van der Waals surface area contributed by atoms with Gasteiger partial charge in [0, 0.05) is 0 Å². The molecule has 0 atom stereocenters. The van der Waals surface area contributed by atoms with Crippen LogP contribution in [0.5, 0.6) is 0 Å². The van der Waals surface area contributed by atoms with Gasteiger partial charge in [-0.15, -0.1) is 6.42 Å². The molecule has 0 amide bonds. The van der Waals surface area contributed by atoms with Gasteiger partial charge in [0.15, 0.2) is 5.76 Å². The Morgan fingerprint density at radius 3 is 3.12 bits per heavy atom. The highest BCUT2D eigenvalue weighted by atomic mass is 16.5. The highest BCUT2D eigenvalue weighted by Gasteiger charge is 2.13. The van der Waals surface area contributed by atoms with Crippen molar-refractivity contribution in [2.24, 2.45) is 0 Å². The summed E-state index contributed by atoms with van der Waals surface area (Å²) in [7, 11) is 0. The van der Waals surface area contributed by atoms with Gasteiger partial charge < -0.3 is 8.94 Å². The van der Waals surface area contributed by atoms with Crippen LogP contribution >= 0.6 is 0 Å². The van der Waals surface area contributed by atoms with Gasteiger partial charge in [0.2, 0.25) is 11.7 Å². The molecule has 2 aromatic rings. The van der Waals surface area contributed by atoms with E-state index in [1.54, 1.807) is 6.26 Å². The first-order valence-corrected chi connectivity index (χ1v) is 4.82. The van der Waals surface area contributed by atoms with Crippen molar-refractivity contribution in [2.45, 2.75) is 13.5 Å². The Hall–Kier alpha value is -2.06. The van der Waals surface area contributed by atoms with Crippen molar-refractivity contribution < 1.29 is 8.94 Å². The Bertz CT molecular complexity index is 507. The molecule has 1 N–H and O–H groups in total. The quantitative estimate of drug-likeness (QED) is 0.618. The van der Waals surface area contributed by atoms with E-state index in [0.29, 0.717) is 30.6 Å². The summed E-state index contributed by atoms with van der Waals surface area (Å²) in [5.74, 6) is 4.04. The molecule has 0 saturated heterocycles. The predicted molar refractivity (Wildman–Crippen MR) is 57.3 cm³/mol. The molecule has 0 aliphatic carbocycles. The zero-order valence-corrected chi connectivity index (χ0v) is 8.86. The van der Waals surface area contributed by atoms with E-state index in [1.165, 1.54) is 0 Å². The number of nitrogens with zero attached hydrogens (tertiary/aromatic N) is 2. The van der Waals surface area contributed by atoms with Crippen molar-refractivity contribution in [3.05, 3.63) is 23.8 Å². The fourth-order valence-corrected chi connectivity index (χ4v) is 1.26. The van der Waals surface area contributed by atoms with Gasteiger partial charge in [-0.3, -0.25) is 5.32 Å². The number of aromatic nitrogens is 2. The third kappa shape index (κ3) is 2.12. The van der Waals surface area contributed by atoms with Crippen molar-refractivity contribution in [3.63, 3.8) is 0 Å². The summed E-state index contributed by atoms with van der Waals surface area (Å²) >= 11 is 0. The zero-order valence-electron chi connectivity index (χ0n) is 8.86. The Balaban J connectivity index is 2.09. The average Bonchev–Trinajstić information content (AvgIpc) is 2.87. The second-order valence-electron chi connectivity index (χ2n) is 3.25. The van der Waals surface area contributed by atoms with E-state index in [2.05, 4.69) is 21.4 Å². The molecule has 0 radical (unpaired) electrons. The van der Waals surface area contributed by atoms with E-state index in [9.17, 15) is 0 Å². The first kappa shape index (κ1) is 10.5. The van der Waals surface area contributed by atoms with Gasteiger partial charge in [-0.05, 0) is 18.6 Å². The lowest BCUT2D eigenvalue weighted by molar-refractivity contribution is 0.369. The lowest BCUT2D eigenvalue weighted by Gasteiger charge is -1.92. The van der Waals surface area contributed by atoms with E-state index in [-0.39, 0.29) is 0 Å². The topological polar surface area (TPSA) is 64.1 Å². The summed E-state index contributed by atoms with van der Waals surface area (Å²) in [6.07, 6.45) is 6.70. The third-order valence-corrected chi connectivity index (χ3v) is 2.04. The number of hydrogen-bond donors (Lipinski definition) is 1. The van der Waals surface area contributed by atoms with Gasteiger partial charge >= 0.3 is 0 Å². The van der Waals surface area contributed by atoms with Gasteiger partial charge in [0.05, 0.1) is 19.4 Å². The molecule has 0 aromatic carbocycles. The molecule has 2 heterocycles. The number of rotatable bonds is 4. The first-order valence-electron chi connectivity index (χ1n) is 4.82. The van der Waals surface area contributed by atoms with Crippen molar-refractivity contribution >= 4 is 0 Å². The molecule has 5 nitrogen and oxygen atoms in total. The Morgan fingerprint density at radius 1 is 1.56 bits per heavy atom. The van der Waals surface area contributed by atoms with Gasteiger partial charge in [0.1, 0.15) is 0 Å². The summed E-state index contributed by atoms with van der Waals surface area (Å²) in [4.78, 5) is 4.18. The number of hydrogen-bond acceptors (Lipinski definition) is 5. The van der Waals surface area contributed by atoms with Crippen LogP contribution in [0.15, 0.2) is 21.3 Å². The summed E-state index contributed by atoms with van der Waals surface area (Å²) in [5, 5.41) is 6.79. The van der Waals surface area contributed by atoms with Crippen LogP contribution in [0.3, 0.4) is 0 Å². The first-order chi connectivity index (χ1) is 7.81. The molecule has 0 aliphatic heterocycles. The van der Waals surface area contributed by atoms with Crippen LogP contribution in [0.2, 0.25) is 0 Å². The summed E-state index contributed by atoms with van der Waals surface area (Å²) in [5.41, 5.74) is 0.976. The third-order valence-electron chi connectivity index (χ3n) is 2.04. The Labute approximate surface area is 92.8 Å². The molecule has 82 valence electrons. The standard InChI is InChI=1S/C11H11N3O2/c1-3-5-12-7-9-13-11(14-16-9)10-8(2)4-6-15-10/h1,4,6,12H,5,7H2,2H3. The molecule has 0 saturated carbocycles. The lowest BCUT2D eigenvalue weighted by Crippen LogP contribution is -2.13. The number of nitrogens with one attached hydrogen (secondary N) is 1. The van der Waals surface area contributed by atoms with Crippen LogP contribution in [0.25, 0.3) is 11.6 Å². The molecule has 0 unspecified atom stereocenters. The van der Waals surface area contributed by atoms with Crippen LogP contribution in [0.1, 0.15) is 11.5 Å². The molecule has 0 spiro atoms. The van der Waals surface area contributed by atoms with Gasteiger partial charge in [-0.25, -0.2) is 0 Å². The molecule has 5 heteroatoms. The monoisotopic (exact) mass is 217 g/mol. The van der Waals surface area contributed by atoms with E-state index in [4.69, 9.17) is 15.4 Å². The highest BCUT2D eigenvalue weighted by molar-refractivity contribution is 5.50. The smallest absolute Gasteiger partial charge is 0.241 e. The van der Waals surface area contributed by atoms with Crippen LogP contribution < -0.4 is 5.32 Å². The maximum Gasteiger partial charge on any atom is 0.241 e. The fourth-order valence-electron chi connectivity index (χ4n) is 1.26. The van der Waals surface area contributed by atoms with E-state index < -0.39 is 0 Å². The van der Waals surface area contributed by atoms with Crippen LogP contribution in [0, 0.1) is 19.3 Å². The molecule has 16 heavy (non-hydrogen) atoms. The normalized spacial score (nSPS) is 10.2. The second-order valence-corrected chi connectivity index (χ2v) is 3.25. The Kier molecular flexibility index (Phi) is 3.03. The molecule has 2 rings (SSSR count). The van der Waals surface area contributed by atoms with Gasteiger partial charge in [0.25, 0.3) is 0 Å². The summed E-state index contributed by atoms with van der Waals surface area (Å²) < 4.78 is 10.3. The summed E-state index contributed by atoms with van der Waals surface area (Å²) in [6.45, 7) is 2.85. The lowest BCUT2D eigenvalue weighted by atomic mass is 10.3. The highest BCUT2D eigenvalue weighted by Crippen LogP contribution is 2.20. The van der Waals surface area contributed by atoms with Gasteiger partial charge in [-0.2, -0.15) is 4.98 Å². The number of aryl methyl sites for hydroxylation is 1. The van der Waals surface area contributed by atoms with E-state index >= 15 is 0 Å². The number of furan rings is 1. The summed E-state index contributed by atoms with van der Waals surface area (Å²) in [6, 6.07) is 1.85. The largest absolute Gasteiger partial charge is 0.461 e. The maximum absolute atomic E-state index is 5.25.